The highest BCUT2D eigenvalue weighted by molar-refractivity contribution is 5.90. The van der Waals surface area contributed by atoms with Crippen LogP contribution in [0.4, 0.5) is 0 Å². The molecule has 1 unspecified atom stereocenters. The van der Waals surface area contributed by atoms with Crippen molar-refractivity contribution in [2.45, 2.75) is 31.9 Å². The Morgan fingerprint density at radius 1 is 1.18 bits per heavy atom. The van der Waals surface area contributed by atoms with E-state index in [-0.39, 0.29) is 24.1 Å². The lowest BCUT2D eigenvalue weighted by Gasteiger charge is -2.19. The molecular formula is C14H18N2O6. The molecule has 1 aromatic heterocycles. The number of aliphatic hydroxyl groups excluding tert-OH is 1. The SMILES string of the molecule is O=C(CCCCCN1C(=O)C=CC1O)On1c(O)ccc1O. The fourth-order valence-corrected chi connectivity index (χ4v) is 2.11. The molecule has 120 valence electrons. The van der Waals surface area contributed by atoms with Crippen LogP contribution < -0.4 is 4.84 Å². The van der Waals surface area contributed by atoms with E-state index in [4.69, 9.17) is 4.84 Å². The molecule has 8 heteroatoms. The van der Waals surface area contributed by atoms with Crippen LogP contribution in [0.3, 0.4) is 0 Å². The number of amides is 1. The average Bonchev–Trinajstić information content (AvgIpc) is 2.96. The van der Waals surface area contributed by atoms with Crippen molar-refractivity contribution in [1.82, 2.24) is 9.63 Å². The van der Waals surface area contributed by atoms with Gasteiger partial charge in [0.15, 0.2) is 0 Å². The first kappa shape index (κ1) is 15.9. The molecule has 0 aliphatic carbocycles. The number of carbonyl (C=O) groups is 2. The van der Waals surface area contributed by atoms with Crippen molar-refractivity contribution < 1.29 is 29.7 Å². The van der Waals surface area contributed by atoms with Gasteiger partial charge in [0, 0.05) is 31.2 Å². The predicted molar refractivity (Wildman–Crippen MR) is 74.7 cm³/mol. The van der Waals surface area contributed by atoms with Crippen molar-refractivity contribution in [1.29, 1.82) is 0 Å². The van der Waals surface area contributed by atoms with Gasteiger partial charge in [0.1, 0.15) is 6.23 Å². The molecule has 1 aliphatic rings. The van der Waals surface area contributed by atoms with Gasteiger partial charge in [-0.25, -0.2) is 4.79 Å². The fraction of sp³-hybridized carbons (Fsp3) is 0.429. The molecule has 2 rings (SSSR count). The third-order valence-corrected chi connectivity index (χ3v) is 3.28. The van der Waals surface area contributed by atoms with E-state index in [0.717, 1.165) is 0 Å². The third-order valence-electron chi connectivity index (χ3n) is 3.28. The molecule has 1 atom stereocenters. The number of nitrogens with zero attached hydrogens (tertiary/aromatic N) is 2. The topological polar surface area (TPSA) is 112 Å². The van der Waals surface area contributed by atoms with Crippen LogP contribution in [0.2, 0.25) is 0 Å². The smallest absolute Gasteiger partial charge is 0.333 e. The van der Waals surface area contributed by atoms with Gasteiger partial charge in [-0.1, -0.05) is 6.42 Å². The Bertz CT molecular complexity index is 560. The summed E-state index contributed by atoms with van der Waals surface area (Å²) in [6.45, 7) is 0.418. The summed E-state index contributed by atoms with van der Waals surface area (Å²) in [5, 5.41) is 28.1. The van der Waals surface area contributed by atoms with Crippen LogP contribution >= 0.6 is 0 Å². The van der Waals surface area contributed by atoms with Crippen molar-refractivity contribution in [3.05, 3.63) is 24.3 Å². The van der Waals surface area contributed by atoms with Gasteiger partial charge in [-0.15, -0.1) is 4.73 Å². The Kier molecular flexibility index (Phi) is 5.05. The average molecular weight is 310 g/mol. The van der Waals surface area contributed by atoms with Gasteiger partial charge in [-0.05, 0) is 18.9 Å². The van der Waals surface area contributed by atoms with Crippen LogP contribution in [0.5, 0.6) is 11.8 Å². The fourth-order valence-electron chi connectivity index (χ4n) is 2.11. The van der Waals surface area contributed by atoms with Gasteiger partial charge < -0.3 is 25.1 Å². The Hall–Kier alpha value is -2.48. The molecule has 0 saturated heterocycles. The summed E-state index contributed by atoms with van der Waals surface area (Å²) >= 11 is 0. The molecule has 0 bridgehead atoms. The quantitative estimate of drug-likeness (QED) is 0.617. The molecule has 3 N–H and O–H groups in total. The highest BCUT2D eigenvalue weighted by Gasteiger charge is 2.22. The van der Waals surface area contributed by atoms with Crippen molar-refractivity contribution in [3.63, 3.8) is 0 Å². The van der Waals surface area contributed by atoms with E-state index in [1.807, 2.05) is 0 Å². The molecule has 0 radical (unpaired) electrons. The number of unbranched alkanes of at least 4 members (excludes halogenated alkanes) is 2. The van der Waals surface area contributed by atoms with Crippen molar-refractivity contribution in [2.75, 3.05) is 6.54 Å². The number of aromatic hydroxyl groups is 2. The summed E-state index contributed by atoms with van der Waals surface area (Å²) < 4.78 is 0.646. The Labute approximate surface area is 126 Å². The van der Waals surface area contributed by atoms with Crippen LogP contribution in [0.1, 0.15) is 25.7 Å². The molecule has 0 aromatic carbocycles. The van der Waals surface area contributed by atoms with E-state index in [0.29, 0.717) is 30.5 Å². The normalized spacial score (nSPS) is 17.2. The summed E-state index contributed by atoms with van der Waals surface area (Å²) in [6, 6.07) is 2.41. The maximum absolute atomic E-state index is 11.6. The standard InChI is InChI=1S/C14H18N2O6/c17-10-5-6-11(18)15(10)9-3-1-2-4-14(21)22-16-12(19)7-8-13(16)20/h5-8,10,17,19-20H,1-4,9H2. The summed E-state index contributed by atoms with van der Waals surface area (Å²) in [4.78, 5) is 29.0. The van der Waals surface area contributed by atoms with Crippen LogP contribution in [0.15, 0.2) is 24.3 Å². The van der Waals surface area contributed by atoms with Crippen LogP contribution in [-0.4, -0.2) is 49.6 Å². The first-order valence-electron chi connectivity index (χ1n) is 6.97. The largest absolute Gasteiger partial charge is 0.492 e. The monoisotopic (exact) mass is 310 g/mol. The minimum atomic E-state index is -0.864. The zero-order valence-corrected chi connectivity index (χ0v) is 11.9. The Morgan fingerprint density at radius 2 is 1.86 bits per heavy atom. The van der Waals surface area contributed by atoms with Crippen LogP contribution in [-0.2, 0) is 9.59 Å². The van der Waals surface area contributed by atoms with E-state index in [9.17, 15) is 24.9 Å². The summed E-state index contributed by atoms with van der Waals surface area (Å²) in [7, 11) is 0. The number of hydrogen-bond donors (Lipinski definition) is 3. The van der Waals surface area contributed by atoms with E-state index >= 15 is 0 Å². The summed E-state index contributed by atoms with van der Waals surface area (Å²) in [6.07, 6.45) is 3.87. The number of carbonyl (C=O) groups excluding carboxylic acids is 2. The highest BCUT2D eigenvalue weighted by atomic mass is 16.7. The van der Waals surface area contributed by atoms with Gasteiger partial charge in [-0.2, -0.15) is 0 Å². The third kappa shape index (κ3) is 3.79. The van der Waals surface area contributed by atoms with Crippen LogP contribution in [0, 0.1) is 0 Å². The molecule has 22 heavy (non-hydrogen) atoms. The van der Waals surface area contributed by atoms with Crippen molar-refractivity contribution >= 4 is 11.9 Å². The van der Waals surface area contributed by atoms with Gasteiger partial charge in [-0.3, -0.25) is 4.79 Å². The van der Waals surface area contributed by atoms with E-state index in [1.165, 1.54) is 29.2 Å². The van der Waals surface area contributed by atoms with Gasteiger partial charge >= 0.3 is 5.97 Å². The number of aromatic nitrogens is 1. The molecule has 0 spiro atoms. The molecular weight excluding hydrogens is 292 g/mol. The molecule has 1 aromatic rings. The molecule has 1 aliphatic heterocycles. The molecule has 0 saturated carbocycles. The lowest BCUT2D eigenvalue weighted by molar-refractivity contribution is -0.145. The molecule has 8 nitrogen and oxygen atoms in total. The number of aliphatic hydroxyl groups is 1. The number of rotatable bonds is 7. The molecule has 1 amide bonds. The molecule has 2 heterocycles. The lowest BCUT2D eigenvalue weighted by Crippen LogP contribution is -2.34. The van der Waals surface area contributed by atoms with E-state index < -0.39 is 12.2 Å². The maximum atomic E-state index is 11.6. The second-order valence-corrected chi connectivity index (χ2v) is 4.92. The number of hydrogen-bond acceptors (Lipinski definition) is 6. The second kappa shape index (κ2) is 6.99. The first-order chi connectivity index (χ1) is 10.5. The van der Waals surface area contributed by atoms with Crippen LogP contribution in [0.25, 0.3) is 0 Å². The zero-order valence-electron chi connectivity index (χ0n) is 11.9. The minimum Gasteiger partial charge on any atom is -0.492 e. The summed E-state index contributed by atoms with van der Waals surface area (Å²) in [5.41, 5.74) is 0. The molecule has 0 fully saturated rings. The Morgan fingerprint density at radius 3 is 2.45 bits per heavy atom. The predicted octanol–water partition coefficient (Wildman–Crippen LogP) is 0.132. The minimum absolute atomic E-state index is 0.117. The van der Waals surface area contributed by atoms with Gasteiger partial charge in [0.25, 0.3) is 0 Å². The van der Waals surface area contributed by atoms with E-state index in [1.54, 1.807) is 0 Å². The first-order valence-corrected chi connectivity index (χ1v) is 6.97. The maximum Gasteiger partial charge on any atom is 0.333 e. The Balaban J connectivity index is 1.63. The lowest BCUT2D eigenvalue weighted by atomic mass is 10.2. The van der Waals surface area contributed by atoms with Crippen molar-refractivity contribution in [3.8, 4) is 11.8 Å². The van der Waals surface area contributed by atoms with E-state index in [2.05, 4.69) is 0 Å². The van der Waals surface area contributed by atoms with Crippen molar-refractivity contribution in [2.24, 2.45) is 0 Å². The highest BCUT2D eigenvalue weighted by Crippen LogP contribution is 2.19. The second-order valence-electron chi connectivity index (χ2n) is 4.92. The summed E-state index contributed by atoms with van der Waals surface area (Å²) in [5.74, 6) is -1.52. The van der Waals surface area contributed by atoms with Gasteiger partial charge in [0.2, 0.25) is 17.7 Å². The zero-order chi connectivity index (χ0) is 16.1. The van der Waals surface area contributed by atoms with Gasteiger partial charge in [0.05, 0.1) is 0 Å².